The van der Waals surface area contributed by atoms with Gasteiger partial charge in [0, 0.05) is 16.6 Å². The van der Waals surface area contributed by atoms with E-state index in [0.29, 0.717) is 18.9 Å². The van der Waals surface area contributed by atoms with Gasteiger partial charge >= 0.3 is 0 Å². The van der Waals surface area contributed by atoms with E-state index in [-0.39, 0.29) is 11.8 Å². The lowest BCUT2D eigenvalue weighted by Crippen LogP contribution is -2.24. The maximum Gasteiger partial charge on any atom is 0.224 e. The predicted molar refractivity (Wildman–Crippen MR) is 88.9 cm³/mol. The summed E-state index contributed by atoms with van der Waals surface area (Å²) in [6.07, 6.45) is 1.48. The second-order valence-electron chi connectivity index (χ2n) is 5.90. The Labute approximate surface area is 130 Å². The number of carbonyl (C=O) groups excluding carboxylic acids is 1. The van der Waals surface area contributed by atoms with Crippen LogP contribution >= 0.6 is 15.9 Å². The van der Waals surface area contributed by atoms with Crippen LogP contribution in [-0.2, 0) is 4.79 Å². The molecule has 0 saturated carbocycles. The number of halogens is 1. The molecule has 0 bridgehead atoms. The van der Waals surface area contributed by atoms with Crippen molar-refractivity contribution in [1.29, 1.82) is 0 Å². The predicted octanol–water partition coefficient (Wildman–Crippen LogP) is 4.02. The first kappa shape index (κ1) is 17.2. The minimum absolute atomic E-state index is 0.0506. The van der Waals surface area contributed by atoms with Gasteiger partial charge in [0.05, 0.1) is 0 Å². The monoisotopic (exact) mass is 340 g/mol. The number of nitrogens with one attached hydrogen (secondary N) is 1. The molecular weight excluding hydrogens is 316 g/mol. The van der Waals surface area contributed by atoms with E-state index in [4.69, 9.17) is 5.73 Å². The van der Waals surface area contributed by atoms with Gasteiger partial charge in [-0.25, -0.2) is 0 Å². The van der Waals surface area contributed by atoms with Crippen molar-refractivity contribution in [1.82, 2.24) is 0 Å². The van der Waals surface area contributed by atoms with E-state index in [0.717, 1.165) is 27.7 Å². The second-order valence-corrected chi connectivity index (χ2v) is 6.81. The van der Waals surface area contributed by atoms with Crippen molar-refractivity contribution in [3.8, 4) is 0 Å². The molecule has 0 radical (unpaired) electrons. The largest absolute Gasteiger partial charge is 0.330 e. The van der Waals surface area contributed by atoms with E-state index in [9.17, 15) is 4.79 Å². The summed E-state index contributed by atoms with van der Waals surface area (Å²) in [5, 5.41) is 3.03. The molecule has 1 rings (SSSR count). The number of aryl methyl sites for hydroxylation is 2. The van der Waals surface area contributed by atoms with E-state index in [2.05, 4.69) is 35.1 Å². The van der Waals surface area contributed by atoms with Crippen molar-refractivity contribution in [2.75, 3.05) is 11.9 Å². The molecule has 0 heterocycles. The molecule has 0 aliphatic rings. The van der Waals surface area contributed by atoms with E-state index >= 15 is 0 Å². The molecule has 0 aliphatic carbocycles. The van der Waals surface area contributed by atoms with Gasteiger partial charge in [0.2, 0.25) is 5.91 Å². The van der Waals surface area contributed by atoms with Crippen LogP contribution in [-0.4, -0.2) is 12.5 Å². The highest BCUT2D eigenvalue weighted by Crippen LogP contribution is 2.25. The zero-order valence-electron chi connectivity index (χ0n) is 12.8. The first-order valence-corrected chi connectivity index (χ1v) is 7.89. The molecule has 0 fully saturated rings. The average Bonchev–Trinajstić information content (AvgIpc) is 2.32. The van der Waals surface area contributed by atoms with E-state index in [1.165, 1.54) is 0 Å². The lowest BCUT2D eigenvalue weighted by atomic mass is 9.94. The lowest BCUT2D eigenvalue weighted by Gasteiger charge is -2.18. The number of nitrogens with two attached hydrogens (primary N) is 1. The van der Waals surface area contributed by atoms with E-state index < -0.39 is 0 Å². The molecule has 20 heavy (non-hydrogen) atoms. The average molecular weight is 341 g/mol. The van der Waals surface area contributed by atoms with Crippen LogP contribution in [0.1, 0.15) is 37.8 Å². The number of carbonyl (C=O) groups is 1. The minimum Gasteiger partial charge on any atom is -0.330 e. The van der Waals surface area contributed by atoms with Crippen LogP contribution < -0.4 is 11.1 Å². The van der Waals surface area contributed by atoms with Crippen LogP contribution in [0.5, 0.6) is 0 Å². The van der Waals surface area contributed by atoms with Gasteiger partial charge in [0.25, 0.3) is 0 Å². The number of hydrogen-bond acceptors (Lipinski definition) is 2. The highest BCUT2D eigenvalue weighted by Gasteiger charge is 2.15. The quantitative estimate of drug-likeness (QED) is 0.821. The van der Waals surface area contributed by atoms with Crippen LogP contribution in [0.25, 0.3) is 0 Å². The molecule has 0 unspecified atom stereocenters. The molecule has 0 spiro atoms. The molecule has 3 nitrogen and oxygen atoms in total. The maximum atomic E-state index is 12.2. The SMILES string of the molecule is Cc1cc(Br)cc(C)c1NC(=O)C[C@@H](CN)CC(C)C. The normalized spacial score (nSPS) is 12.6. The van der Waals surface area contributed by atoms with Crippen LogP contribution in [0.4, 0.5) is 5.69 Å². The van der Waals surface area contributed by atoms with E-state index in [1.807, 2.05) is 26.0 Å². The van der Waals surface area contributed by atoms with Gasteiger partial charge in [0.15, 0.2) is 0 Å². The molecule has 1 atom stereocenters. The van der Waals surface area contributed by atoms with Crippen molar-refractivity contribution >= 4 is 27.5 Å². The van der Waals surface area contributed by atoms with Crippen molar-refractivity contribution in [2.45, 2.75) is 40.5 Å². The Kier molecular flexibility index (Phi) is 6.69. The molecule has 4 heteroatoms. The molecule has 0 aromatic heterocycles. The molecule has 3 N–H and O–H groups in total. The van der Waals surface area contributed by atoms with Crippen molar-refractivity contribution < 1.29 is 4.79 Å². The number of anilines is 1. The van der Waals surface area contributed by atoms with Crippen molar-refractivity contribution in [3.63, 3.8) is 0 Å². The van der Waals surface area contributed by atoms with Gasteiger partial charge in [-0.2, -0.15) is 0 Å². The van der Waals surface area contributed by atoms with Crippen molar-refractivity contribution in [3.05, 3.63) is 27.7 Å². The number of hydrogen-bond donors (Lipinski definition) is 2. The van der Waals surface area contributed by atoms with Gasteiger partial charge in [-0.3, -0.25) is 4.79 Å². The highest BCUT2D eigenvalue weighted by atomic mass is 79.9. The third kappa shape index (κ3) is 5.25. The summed E-state index contributed by atoms with van der Waals surface area (Å²) in [5.41, 5.74) is 8.81. The maximum absolute atomic E-state index is 12.2. The lowest BCUT2D eigenvalue weighted by molar-refractivity contribution is -0.117. The number of benzene rings is 1. The molecule has 112 valence electrons. The Hall–Kier alpha value is -0.870. The highest BCUT2D eigenvalue weighted by molar-refractivity contribution is 9.10. The summed E-state index contributed by atoms with van der Waals surface area (Å²) >= 11 is 3.46. The van der Waals surface area contributed by atoms with Crippen LogP contribution in [0.2, 0.25) is 0 Å². The second kappa shape index (κ2) is 7.79. The van der Waals surface area contributed by atoms with Gasteiger partial charge in [-0.1, -0.05) is 29.8 Å². The third-order valence-electron chi connectivity index (χ3n) is 3.37. The zero-order chi connectivity index (χ0) is 15.3. The van der Waals surface area contributed by atoms with Gasteiger partial charge in [-0.05, 0) is 61.9 Å². The topological polar surface area (TPSA) is 55.1 Å². The number of rotatable bonds is 6. The van der Waals surface area contributed by atoms with Gasteiger partial charge < -0.3 is 11.1 Å². The molecule has 1 aromatic carbocycles. The minimum atomic E-state index is 0.0506. The van der Waals surface area contributed by atoms with Crippen LogP contribution in [0.15, 0.2) is 16.6 Å². The van der Waals surface area contributed by atoms with Gasteiger partial charge in [-0.15, -0.1) is 0 Å². The smallest absolute Gasteiger partial charge is 0.224 e. The summed E-state index contributed by atoms with van der Waals surface area (Å²) in [5.74, 6) is 0.869. The Balaban J connectivity index is 2.71. The molecule has 1 aromatic rings. The van der Waals surface area contributed by atoms with Crippen LogP contribution in [0, 0.1) is 25.7 Å². The first-order chi connectivity index (χ1) is 9.33. The zero-order valence-corrected chi connectivity index (χ0v) is 14.4. The fourth-order valence-electron chi connectivity index (χ4n) is 2.49. The Morgan fingerprint density at radius 3 is 2.30 bits per heavy atom. The summed E-state index contributed by atoms with van der Waals surface area (Å²) in [6.45, 7) is 8.88. The fraction of sp³-hybridized carbons (Fsp3) is 0.562. The standard InChI is InChI=1S/C16H25BrN2O/c1-10(2)5-13(9-18)8-15(20)19-16-11(3)6-14(17)7-12(16)4/h6-7,10,13H,5,8-9,18H2,1-4H3,(H,19,20)/t13-/m0/s1. The number of amides is 1. The Morgan fingerprint density at radius 1 is 1.30 bits per heavy atom. The van der Waals surface area contributed by atoms with E-state index in [1.54, 1.807) is 0 Å². The third-order valence-corrected chi connectivity index (χ3v) is 3.83. The molecular formula is C16H25BrN2O. The fourth-order valence-corrected chi connectivity index (χ4v) is 3.18. The summed E-state index contributed by atoms with van der Waals surface area (Å²) in [4.78, 5) is 12.2. The molecule has 0 saturated heterocycles. The Bertz CT molecular complexity index is 449. The Morgan fingerprint density at radius 2 is 1.85 bits per heavy atom. The summed E-state index contributed by atoms with van der Waals surface area (Å²) < 4.78 is 1.03. The summed E-state index contributed by atoms with van der Waals surface area (Å²) in [6, 6.07) is 4.02. The van der Waals surface area contributed by atoms with Crippen molar-refractivity contribution in [2.24, 2.45) is 17.6 Å². The van der Waals surface area contributed by atoms with Crippen LogP contribution in [0.3, 0.4) is 0 Å². The molecule has 0 aliphatic heterocycles. The molecule has 1 amide bonds. The first-order valence-electron chi connectivity index (χ1n) is 7.10. The summed E-state index contributed by atoms with van der Waals surface area (Å²) in [7, 11) is 0. The van der Waals surface area contributed by atoms with Gasteiger partial charge in [0.1, 0.15) is 0 Å².